The molecule has 8 heteroatoms. The zero-order valence-corrected chi connectivity index (χ0v) is 12.3. The summed E-state index contributed by atoms with van der Waals surface area (Å²) < 4.78 is 7.28. The average molecular weight is 307 g/mol. The highest BCUT2D eigenvalue weighted by atomic mass is 32.1. The summed E-state index contributed by atoms with van der Waals surface area (Å²) in [5.74, 6) is 1.34. The molecule has 3 aromatic heterocycles. The van der Waals surface area contributed by atoms with Gasteiger partial charge in [0.05, 0.1) is 9.88 Å². The largest absolute Gasteiger partial charge is 0.391 e. The van der Waals surface area contributed by atoms with E-state index < -0.39 is 0 Å². The molecule has 0 bridgehead atoms. The van der Waals surface area contributed by atoms with Crippen LogP contribution in [0.25, 0.3) is 14.8 Å². The molecule has 1 aliphatic heterocycles. The van der Waals surface area contributed by atoms with Crippen LogP contribution in [-0.4, -0.2) is 33.0 Å². The Kier molecular flexibility index (Phi) is 2.94. The molecule has 4 heterocycles. The minimum Gasteiger partial charge on any atom is -0.391 e. The monoisotopic (exact) mass is 307 g/mol. The normalized spacial score (nSPS) is 17.0. The number of aromatic nitrogens is 4. The smallest absolute Gasteiger partial charge is 0.235 e. The van der Waals surface area contributed by atoms with Crippen LogP contribution in [0.5, 0.6) is 0 Å². The molecule has 0 aromatic carbocycles. The molecule has 20 heavy (non-hydrogen) atoms. The van der Waals surface area contributed by atoms with Crippen LogP contribution in [0.2, 0.25) is 0 Å². The predicted octanol–water partition coefficient (Wildman–Crippen LogP) is 2.39. The van der Waals surface area contributed by atoms with Crippen molar-refractivity contribution in [1.29, 1.82) is 0 Å². The lowest BCUT2D eigenvalue weighted by Crippen LogP contribution is -2.16. The van der Waals surface area contributed by atoms with Crippen LogP contribution in [0.4, 0.5) is 5.00 Å². The summed E-state index contributed by atoms with van der Waals surface area (Å²) in [6.45, 7) is 1.58. The highest BCUT2D eigenvalue weighted by Crippen LogP contribution is 2.34. The zero-order chi connectivity index (χ0) is 13.5. The van der Waals surface area contributed by atoms with Gasteiger partial charge in [-0.1, -0.05) is 11.3 Å². The Balaban J connectivity index is 1.74. The van der Waals surface area contributed by atoms with Gasteiger partial charge in [0.2, 0.25) is 4.96 Å². The number of rotatable bonds is 2. The van der Waals surface area contributed by atoms with E-state index in [9.17, 15) is 0 Å². The Bertz CT molecular complexity index is 740. The summed E-state index contributed by atoms with van der Waals surface area (Å²) >= 11 is 3.10. The Morgan fingerprint density at radius 3 is 2.80 bits per heavy atom. The Morgan fingerprint density at radius 1 is 1.20 bits per heavy atom. The van der Waals surface area contributed by atoms with Crippen LogP contribution < -0.4 is 5.73 Å². The van der Waals surface area contributed by atoms with Crippen molar-refractivity contribution >= 4 is 32.6 Å². The molecular weight excluding hydrogens is 294 g/mol. The van der Waals surface area contributed by atoms with E-state index in [2.05, 4.69) is 15.3 Å². The van der Waals surface area contributed by atoms with Gasteiger partial charge in [0.1, 0.15) is 0 Å². The number of hydrogen-bond acceptors (Lipinski definition) is 7. The minimum absolute atomic E-state index is 0.391. The van der Waals surface area contributed by atoms with Crippen LogP contribution in [-0.2, 0) is 4.74 Å². The number of fused-ring (bicyclic) bond motifs is 1. The summed E-state index contributed by atoms with van der Waals surface area (Å²) in [6.07, 6.45) is 1.97. The van der Waals surface area contributed by atoms with Crippen LogP contribution in [0, 0.1) is 0 Å². The van der Waals surface area contributed by atoms with Crippen LogP contribution in [0.15, 0.2) is 12.1 Å². The highest BCUT2D eigenvalue weighted by Gasteiger charge is 2.23. The van der Waals surface area contributed by atoms with E-state index in [1.807, 2.05) is 16.6 Å². The van der Waals surface area contributed by atoms with Crippen molar-refractivity contribution in [3.05, 3.63) is 18.0 Å². The maximum absolute atomic E-state index is 5.78. The van der Waals surface area contributed by atoms with Crippen LogP contribution >= 0.6 is 22.7 Å². The first kappa shape index (κ1) is 12.2. The number of anilines is 1. The van der Waals surface area contributed by atoms with Gasteiger partial charge in [-0.3, -0.25) is 0 Å². The van der Waals surface area contributed by atoms with Crippen molar-refractivity contribution in [2.75, 3.05) is 18.9 Å². The average Bonchev–Trinajstić information content (AvgIpc) is 3.13. The zero-order valence-electron chi connectivity index (χ0n) is 10.7. The van der Waals surface area contributed by atoms with Gasteiger partial charge in [-0.05, 0) is 25.0 Å². The number of nitrogens with zero attached hydrogens (tertiary/aromatic N) is 4. The third-order valence-corrected chi connectivity index (χ3v) is 5.42. The minimum atomic E-state index is 0.391. The lowest BCUT2D eigenvalue weighted by Gasteiger charge is -2.19. The highest BCUT2D eigenvalue weighted by molar-refractivity contribution is 7.25. The van der Waals surface area contributed by atoms with Gasteiger partial charge < -0.3 is 10.5 Å². The number of ether oxygens (including phenoxy) is 1. The molecule has 0 aliphatic carbocycles. The first-order chi connectivity index (χ1) is 9.81. The van der Waals surface area contributed by atoms with Crippen molar-refractivity contribution in [2.45, 2.75) is 18.8 Å². The molecule has 0 atom stereocenters. The fraction of sp³-hybridized carbons (Fsp3) is 0.417. The number of nitrogen functional groups attached to an aromatic ring is 1. The van der Waals surface area contributed by atoms with Crippen LogP contribution in [0.1, 0.15) is 24.6 Å². The lowest BCUT2D eigenvalue weighted by atomic mass is 10.00. The van der Waals surface area contributed by atoms with E-state index in [1.54, 1.807) is 22.7 Å². The Hall–Kier alpha value is -1.51. The third kappa shape index (κ3) is 2.00. The van der Waals surface area contributed by atoms with Gasteiger partial charge in [0.15, 0.2) is 10.8 Å². The van der Waals surface area contributed by atoms with Crippen molar-refractivity contribution < 1.29 is 4.74 Å². The molecule has 104 valence electrons. The fourth-order valence-electron chi connectivity index (χ4n) is 2.41. The SMILES string of the molecule is Nc1ccc(-c2nn3c(C4CCOCC4)nnc3s2)s1. The number of thiophene rings is 1. The summed E-state index contributed by atoms with van der Waals surface area (Å²) in [6, 6.07) is 3.90. The van der Waals surface area contributed by atoms with Gasteiger partial charge in [-0.2, -0.15) is 9.61 Å². The van der Waals surface area contributed by atoms with Gasteiger partial charge in [-0.25, -0.2) is 0 Å². The molecule has 1 aliphatic rings. The molecular formula is C12H13N5OS2. The van der Waals surface area contributed by atoms with Gasteiger partial charge in [-0.15, -0.1) is 21.5 Å². The maximum atomic E-state index is 5.78. The van der Waals surface area contributed by atoms with Gasteiger partial charge in [0.25, 0.3) is 0 Å². The first-order valence-corrected chi connectivity index (χ1v) is 8.10. The molecule has 3 aromatic rings. The molecule has 6 nitrogen and oxygen atoms in total. The summed E-state index contributed by atoms with van der Waals surface area (Å²) in [5, 5.41) is 15.0. The van der Waals surface area contributed by atoms with Crippen molar-refractivity contribution in [2.24, 2.45) is 0 Å². The summed E-state index contributed by atoms with van der Waals surface area (Å²) in [7, 11) is 0. The molecule has 0 unspecified atom stereocenters. The molecule has 1 saturated heterocycles. The fourth-order valence-corrected chi connectivity index (χ4v) is 4.08. The predicted molar refractivity (Wildman–Crippen MR) is 79.2 cm³/mol. The van der Waals surface area contributed by atoms with E-state index in [-0.39, 0.29) is 0 Å². The lowest BCUT2D eigenvalue weighted by molar-refractivity contribution is 0.0832. The Morgan fingerprint density at radius 2 is 2.05 bits per heavy atom. The molecule has 2 N–H and O–H groups in total. The van der Waals surface area contributed by atoms with Gasteiger partial charge in [0, 0.05) is 19.1 Å². The molecule has 1 fully saturated rings. The Labute approximate surface area is 123 Å². The topological polar surface area (TPSA) is 78.3 Å². The molecule has 0 amide bonds. The molecule has 0 saturated carbocycles. The van der Waals surface area contributed by atoms with Crippen LogP contribution in [0.3, 0.4) is 0 Å². The summed E-state index contributed by atoms with van der Waals surface area (Å²) in [5.41, 5.74) is 5.78. The third-order valence-electron chi connectivity index (χ3n) is 3.44. The second kappa shape index (κ2) is 4.80. The van der Waals surface area contributed by atoms with Crippen molar-refractivity contribution in [1.82, 2.24) is 19.8 Å². The van der Waals surface area contributed by atoms with E-state index in [0.717, 1.165) is 51.7 Å². The standard InChI is InChI=1S/C12H13N5OS2/c13-9-2-1-8(19-9)11-16-17-10(14-15-12(17)20-11)7-3-5-18-6-4-7/h1-2,7H,3-6,13H2. The summed E-state index contributed by atoms with van der Waals surface area (Å²) in [4.78, 5) is 1.92. The van der Waals surface area contributed by atoms with E-state index in [4.69, 9.17) is 10.5 Å². The quantitative estimate of drug-likeness (QED) is 0.786. The first-order valence-electron chi connectivity index (χ1n) is 6.47. The molecule has 0 spiro atoms. The van der Waals surface area contributed by atoms with E-state index in [1.165, 1.54) is 0 Å². The van der Waals surface area contributed by atoms with E-state index in [0.29, 0.717) is 5.92 Å². The number of nitrogens with two attached hydrogens (primary N) is 1. The molecule has 0 radical (unpaired) electrons. The maximum Gasteiger partial charge on any atom is 0.235 e. The van der Waals surface area contributed by atoms with Crippen molar-refractivity contribution in [3.8, 4) is 9.88 Å². The van der Waals surface area contributed by atoms with Gasteiger partial charge >= 0.3 is 0 Å². The second-order valence-corrected chi connectivity index (χ2v) is 6.82. The number of hydrogen-bond donors (Lipinski definition) is 1. The second-order valence-electron chi connectivity index (χ2n) is 4.75. The van der Waals surface area contributed by atoms with E-state index >= 15 is 0 Å². The van der Waals surface area contributed by atoms with Crippen molar-refractivity contribution in [3.63, 3.8) is 0 Å². The molecule has 4 rings (SSSR count).